The molecule has 120 valence electrons. The lowest BCUT2D eigenvalue weighted by Crippen LogP contribution is -2.17. The second-order valence-electron chi connectivity index (χ2n) is 5.10. The standard InChI is InChI=1S/C18H9N3O3S/c22-17-15(25-18(23)21-17)7-14-6-13-10-20-9-12(16(13)24-14)4-3-11-2-1-5-19-8-11/h1-2,5-10H,(H,21,22,23)/b15-7+. The van der Waals surface area contributed by atoms with E-state index in [1.165, 1.54) is 6.08 Å². The molecule has 2 amide bonds. The van der Waals surface area contributed by atoms with Gasteiger partial charge in [0.05, 0.1) is 10.5 Å². The third-order valence-corrected chi connectivity index (χ3v) is 4.17. The van der Waals surface area contributed by atoms with Crippen molar-refractivity contribution in [1.29, 1.82) is 0 Å². The number of thioether (sulfide) groups is 1. The Morgan fingerprint density at radius 2 is 2.08 bits per heavy atom. The molecule has 0 aromatic carbocycles. The van der Waals surface area contributed by atoms with Crippen LogP contribution in [-0.2, 0) is 4.79 Å². The maximum Gasteiger partial charge on any atom is 0.290 e. The quantitative estimate of drug-likeness (QED) is 0.538. The molecule has 7 heteroatoms. The third-order valence-electron chi connectivity index (χ3n) is 3.36. The molecule has 0 saturated carbocycles. The zero-order chi connectivity index (χ0) is 17.2. The van der Waals surface area contributed by atoms with Gasteiger partial charge >= 0.3 is 0 Å². The Morgan fingerprint density at radius 1 is 1.16 bits per heavy atom. The SMILES string of the molecule is O=C1NC(=O)/C(=C\c2cc3cncc(C#Cc4cccnc4)c3o2)S1. The van der Waals surface area contributed by atoms with E-state index in [9.17, 15) is 9.59 Å². The van der Waals surface area contributed by atoms with Gasteiger partial charge < -0.3 is 4.42 Å². The largest absolute Gasteiger partial charge is 0.455 e. The number of furan rings is 1. The Morgan fingerprint density at radius 3 is 2.84 bits per heavy atom. The molecule has 1 N–H and O–H groups in total. The summed E-state index contributed by atoms with van der Waals surface area (Å²) in [6, 6.07) is 5.42. The van der Waals surface area contributed by atoms with Gasteiger partial charge in [-0.1, -0.05) is 11.8 Å². The first-order valence-electron chi connectivity index (χ1n) is 7.23. The van der Waals surface area contributed by atoms with E-state index in [1.807, 2.05) is 12.1 Å². The van der Waals surface area contributed by atoms with Crippen molar-refractivity contribution in [3.8, 4) is 11.8 Å². The Kier molecular flexibility index (Phi) is 3.80. The highest BCUT2D eigenvalue weighted by molar-refractivity contribution is 8.18. The number of pyridine rings is 2. The molecule has 1 saturated heterocycles. The molecular weight excluding hydrogens is 338 g/mol. The van der Waals surface area contributed by atoms with E-state index in [0.717, 1.165) is 22.7 Å². The van der Waals surface area contributed by atoms with Crippen molar-refractivity contribution in [2.24, 2.45) is 0 Å². The number of hydrogen-bond acceptors (Lipinski definition) is 6. The number of fused-ring (bicyclic) bond motifs is 1. The van der Waals surface area contributed by atoms with Crippen molar-refractivity contribution in [3.05, 3.63) is 64.8 Å². The van der Waals surface area contributed by atoms with Crippen molar-refractivity contribution < 1.29 is 14.0 Å². The fourth-order valence-electron chi connectivity index (χ4n) is 2.27. The number of aromatic nitrogens is 2. The molecule has 4 rings (SSSR count). The predicted molar refractivity (Wildman–Crippen MR) is 93.3 cm³/mol. The minimum atomic E-state index is -0.426. The van der Waals surface area contributed by atoms with E-state index in [2.05, 4.69) is 27.1 Å². The number of carbonyl (C=O) groups excluding carboxylic acids is 2. The molecular formula is C18H9N3O3S. The molecule has 0 aliphatic carbocycles. The van der Waals surface area contributed by atoms with Gasteiger partial charge in [0.1, 0.15) is 5.76 Å². The molecule has 0 bridgehead atoms. The molecule has 6 nitrogen and oxygen atoms in total. The summed E-state index contributed by atoms with van der Waals surface area (Å²) in [4.78, 5) is 31.3. The van der Waals surface area contributed by atoms with Crippen molar-refractivity contribution >= 4 is 40.0 Å². The molecule has 3 aromatic rings. The molecule has 1 aliphatic rings. The summed E-state index contributed by atoms with van der Waals surface area (Å²) in [5.41, 5.74) is 1.99. The lowest BCUT2D eigenvalue weighted by Gasteiger charge is -1.92. The average molecular weight is 347 g/mol. The predicted octanol–water partition coefficient (Wildman–Crippen LogP) is 2.95. The molecule has 0 unspecified atom stereocenters. The Balaban J connectivity index is 1.72. The van der Waals surface area contributed by atoms with Gasteiger partial charge in [0.2, 0.25) is 0 Å². The molecule has 1 aliphatic heterocycles. The van der Waals surface area contributed by atoms with E-state index < -0.39 is 11.1 Å². The lowest BCUT2D eigenvalue weighted by atomic mass is 10.2. The van der Waals surface area contributed by atoms with Gasteiger partial charge in [-0.15, -0.1) is 0 Å². The zero-order valence-corrected chi connectivity index (χ0v) is 13.5. The molecule has 1 fully saturated rings. The van der Waals surface area contributed by atoms with Crippen LogP contribution in [0.25, 0.3) is 17.0 Å². The lowest BCUT2D eigenvalue weighted by molar-refractivity contribution is -0.115. The fraction of sp³-hybridized carbons (Fsp3) is 0. The summed E-state index contributed by atoms with van der Waals surface area (Å²) in [5.74, 6) is 6.06. The number of carbonyl (C=O) groups is 2. The van der Waals surface area contributed by atoms with Crippen LogP contribution in [-0.4, -0.2) is 21.1 Å². The Bertz CT molecular complexity index is 1090. The minimum Gasteiger partial charge on any atom is -0.455 e. The third kappa shape index (κ3) is 3.16. The van der Waals surface area contributed by atoms with E-state index >= 15 is 0 Å². The van der Waals surface area contributed by atoms with E-state index in [1.54, 1.807) is 30.9 Å². The second kappa shape index (κ2) is 6.26. The molecule has 4 heterocycles. The van der Waals surface area contributed by atoms with E-state index in [0.29, 0.717) is 21.8 Å². The molecule has 0 atom stereocenters. The second-order valence-corrected chi connectivity index (χ2v) is 6.11. The number of rotatable bonds is 1. The van der Waals surface area contributed by atoms with Crippen LogP contribution in [0, 0.1) is 11.8 Å². The van der Waals surface area contributed by atoms with Crippen molar-refractivity contribution in [1.82, 2.24) is 15.3 Å². The van der Waals surface area contributed by atoms with Crippen LogP contribution < -0.4 is 5.32 Å². The van der Waals surface area contributed by atoms with Gasteiger partial charge in [-0.2, -0.15) is 0 Å². The summed E-state index contributed by atoms with van der Waals surface area (Å²) in [6.07, 6.45) is 8.16. The van der Waals surface area contributed by atoms with Gasteiger partial charge in [-0.05, 0) is 30.0 Å². The highest BCUT2D eigenvalue weighted by Crippen LogP contribution is 2.28. The number of imide groups is 1. The number of nitrogens with one attached hydrogen (secondary N) is 1. The van der Waals surface area contributed by atoms with Gasteiger partial charge in [0.15, 0.2) is 5.58 Å². The number of nitrogens with zero attached hydrogens (tertiary/aromatic N) is 2. The molecule has 0 spiro atoms. The highest BCUT2D eigenvalue weighted by atomic mass is 32.2. The normalized spacial score (nSPS) is 15.3. The summed E-state index contributed by atoms with van der Waals surface area (Å²) in [5, 5.41) is 2.58. The minimum absolute atomic E-state index is 0.292. The number of amides is 2. The molecule has 25 heavy (non-hydrogen) atoms. The first kappa shape index (κ1) is 15.2. The maximum atomic E-state index is 11.6. The van der Waals surface area contributed by atoms with Gasteiger partial charge in [-0.3, -0.25) is 24.9 Å². The molecule has 3 aromatic heterocycles. The Labute approximate surface area is 146 Å². The van der Waals surface area contributed by atoms with Crippen LogP contribution in [0.3, 0.4) is 0 Å². The van der Waals surface area contributed by atoms with E-state index in [4.69, 9.17) is 4.42 Å². The van der Waals surface area contributed by atoms with Crippen molar-refractivity contribution in [2.75, 3.05) is 0 Å². The van der Waals surface area contributed by atoms with Crippen LogP contribution in [0.2, 0.25) is 0 Å². The van der Waals surface area contributed by atoms with Gasteiger partial charge in [-0.25, -0.2) is 0 Å². The van der Waals surface area contributed by atoms with Crippen LogP contribution in [0.5, 0.6) is 0 Å². The molecule has 0 radical (unpaired) electrons. The van der Waals surface area contributed by atoms with Crippen LogP contribution in [0.4, 0.5) is 4.79 Å². The van der Waals surface area contributed by atoms with Crippen LogP contribution in [0.15, 0.2) is 52.3 Å². The van der Waals surface area contributed by atoms with Crippen LogP contribution >= 0.6 is 11.8 Å². The topological polar surface area (TPSA) is 85.1 Å². The summed E-state index contributed by atoms with van der Waals surface area (Å²) < 4.78 is 5.79. The van der Waals surface area contributed by atoms with Gasteiger partial charge in [0.25, 0.3) is 11.1 Å². The van der Waals surface area contributed by atoms with Crippen molar-refractivity contribution in [3.63, 3.8) is 0 Å². The monoisotopic (exact) mass is 347 g/mol. The van der Waals surface area contributed by atoms with Gasteiger partial charge in [0, 0.05) is 41.8 Å². The van der Waals surface area contributed by atoms with Crippen molar-refractivity contribution in [2.45, 2.75) is 0 Å². The highest BCUT2D eigenvalue weighted by Gasteiger charge is 2.25. The smallest absolute Gasteiger partial charge is 0.290 e. The average Bonchev–Trinajstić information content (AvgIpc) is 3.16. The summed E-state index contributed by atoms with van der Waals surface area (Å²) in [6.45, 7) is 0. The van der Waals surface area contributed by atoms with Crippen LogP contribution in [0.1, 0.15) is 16.9 Å². The Hall–Kier alpha value is -3.37. The number of hydrogen-bond donors (Lipinski definition) is 1. The summed E-state index contributed by atoms with van der Waals surface area (Å²) in [7, 11) is 0. The first-order valence-corrected chi connectivity index (χ1v) is 8.05. The maximum absolute atomic E-state index is 11.6. The fourth-order valence-corrected chi connectivity index (χ4v) is 2.93. The van der Waals surface area contributed by atoms with E-state index in [-0.39, 0.29) is 0 Å². The zero-order valence-electron chi connectivity index (χ0n) is 12.6. The first-order chi connectivity index (χ1) is 12.2. The summed E-state index contributed by atoms with van der Waals surface area (Å²) >= 11 is 0.841.